The quantitative estimate of drug-likeness (QED) is 0.491. The fourth-order valence-corrected chi connectivity index (χ4v) is 5.12. The van der Waals surface area contributed by atoms with Crippen molar-refractivity contribution in [1.29, 1.82) is 0 Å². The summed E-state index contributed by atoms with van der Waals surface area (Å²) in [7, 11) is -2.99. The molecule has 0 N–H and O–H groups in total. The number of carbonyl (C=O) groups excluding carboxylic acids is 3. The molecule has 0 saturated carbocycles. The SMILES string of the molecule is CC[C@]1(CS(=O)(=O)N(C)C(C)=O)OC(OC(C)=O)[C@@H](OC(C)=O)C1OCc1ccccc1. The van der Waals surface area contributed by atoms with E-state index in [0.717, 1.165) is 26.5 Å². The number of hydrogen-bond donors (Lipinski definition) is 0. The zero-order valence-electron chi connectivity index (χ0n) is 18.8. The van der Waals surface area contributed by atoms with Crippen molar-refractivity contribution in [2.45, 2.75) is 64.8 Å². The Bertz CT molecular complexity index is 934. The van der Waals surface area contributed by atoms with E-state index in [-0.39, 0.29) is 13.0 Å². The van der Waals surface area contributed by atoms with Gasteiger partial charge in [0.2, 0.25) is 22.2 Å². The smallest absolute Gasteiger partial charge is 0.305 e. The Balaban J connectivity index is 2.48. The first-order chi connectivity index (χ1) is 14.9. The van der Waals surface area contributed by atoms with Crippen LogP contribution in [0.5, 0.6) is 0 Å². The molecule has 1 heterocycles. The second kappa shape index (κ2) is 10.4. The molecule has 1 aromatic rings. The molecule has 2 unspecified atom stereocenters. The maximum atomic E-state index is 12.9. The summed E-state index contributed by atoms with van der Waals surface area (Å²) >= 11 is 0. The van der Waals surface area contributed by atoms with Crippen LogP contribution in [0.15, 0.2) is 30.3 Å². The monoisotopic (exact) mass is 471 g/mol. The molecule has 1 fully saturated rings. The lowest BCUT2D eigenvalue weighted by Gasteiger charge is -2.34. The molecule has 0 radical (unpaired) electrons. The first-order valence-corrected chi connectivity index (χ1v) is 11.7. The van der Waals surface area contributed by atoms with E-state index in [2.05, 4.69) is 0 Å². The average Bonchev–Trinajstić information content (AvgIpc) is 2.97. The van der Waals surface area contributed by atoms with Gasteiger partial charge in [0.25, 0.3) is 0 Å². The number of carbonyl (C=O) groups is 3. The van der Waals surface area contributed by atoms with Crippen molar-refractivity contribution in [1.82, 2.24) is 4.31 Å². The molecule has 0 bridgehead atoms. The van der Waals surface area contributed by atoms with Gasteiger partial charge in [0, 0.05) is 27.8 Å². The highest BCUT2D eigenvalue weighted by Gasteiger charge is 2.60. The van der Waals surface area contributed by atoms with Gasteiger partial charge in [-0.3, -0.25) is 14.4 Å². The Morgan fingerprint density at radius 1 is 1.06 bits per heavy atom. The van der Waals surface area contributed by atoms with Crippen molar-refractivity contribution in [2.75, 3.05) is 12.8 Å². The molecule has 10 nitrogen and oxygen atoms in total. The minimum Gasteiger partial charge on any atom is -0.453 e. The average molecular weight is 472 g/mol. The van der Waals surface area contributed by atoms with Crippen LogP contribution < -0.4 is 0 Å². The predicted octanol–water partition coefficient (Wildman–Crippen LogP) is 1.38. The number of nitrogens with zero attached hydrogens (tertiary/aromatic N) is 1. The second-order valence-corrected chi connectivity index (χ2v) is 9.55. The van der Waals surface area contributed by atoms with E-state index >= 15 is 0 Å². The lowest BCUT2D eigenvalue weighted by atomic mass is 9.94. The van der Waals surface area contributed by atoms with Crippen LogP contribution in [0.1, 0.15) is 39.7 Å². The minimum absolute atomic E-state index is 0.0593. The molecule has 11 heteroatoms. The maximum absolute atomic E-state index is 12.9. The molecule has 1 amide bonds. The standard InChI is InChI=1S/C21H29NO9S/c1-6-21(13-32(26,27)22(5)14(2)23)19(28-12-17-10-8-7-9-11-17)18(29-15(3)24)20(31-21)30-16(4)25/h7-11,18-20H,6,12-13H2,1-5H3/t18-,19?,20?,21+/m0/s1. The summed E-state index contributed by atoms with van der Waals surface area (Å²) < 4.78 is 49.0. The molecular formula is C21H29NO9S. The molecule has 32 heavy (non-hydrogen) atoms. The van der Waals surface area contributed by atoms with Crippen LogP contribution in [0.2, 0.25) is 0 Å². The number of amides is 1. The maximum Gasteiger partial charge on any atom is 0.305 e. The molecule has 2 rings (SSSR count). The van der Waals surface area contributed by atoms with E-state index in [1.807, 2.05) is 30.3 Å². The lowest BCUT2D eigenvalue weighted by Crippen LogP contribution is -2.52. The number of esters is 2. The molecule has 1 saturated heterocycles. The summed E-state index contributed by atoms with van der Waals surface area (Å²) in [5.74, 6) is -2.71. The Kier molecular flexibility index (Phi) is 8.38. The summed E-state index contributed by atoms with van der Waals surface area (Å²) in [4.78, 5) is 35.1. The van der Waals surface area contributed by atoms with Gasteiger partial charge in [-0.1, -0.05) is 37.3 Å². The van der Waals surface area contributed by atoms with E-state index in [9.17, 15) is 22.8 Å². The zero-order chi connectivity index (χ0) is 24.1. The van der Waals surface area contributed by atoms with Gasteiger partial charge in [0.1, 0.15) is 17.5 Å². The first-order valence-electron chi connectivity index (χ1n) is 10.1. The predicted molar refractivity (Wildman–Crippen MR) is 112 cm³/mol. The molecule has 0 aromatic heterocycles. The van der Waals surface area contributed by atoms with E-state index in [1.54, 1.807) is 6.92 Å². The Morgan fingerprint density at radius 2 is 1.66 bits per heavy atom. The highest BCUT2D eigenvalue weighted by molar-refractivity contribution is 7.89. The number of rotatable bonds is 9. The Labute approximate surface area is 187 Å². The minimum atomic E-state index is -4.14. The van der Waals surface area contributed by atoms with Crippen molar-refractivity contribution in [2.24, 2.45) is 0 Å². The van der Waals surface area contributed by atoms with Crippen LogP contribution in [0.4, 0.5) is 0 Å². The van der Waals surface area contributed by atoms with Gasteiger partial charge in [-0.05, 0) is 12.0 Å². The molecular weight excluding hydrogens is 442 g/mol. The third-order valence-electron chi connectivity index (χ3n) is 5.18. The van der Waals surface area contributed by atoms with Gasteiger partial charge in [-0.2, -0.15) is 0 Å². The largest absolute Gasteiger partial charge is 0.453 e. The van der Waals surface area contributed by atoms with Gasteiger partial charge in [-0.15, -0.1) is 0 Å². The van der Waals surface area contributed by atoms with Gasteiger partial charge in [0.05, 0.1) is 6.61 Å². The van der Waals surface area contributed by atoms with Crippen molar-refractivity contribution < 1.29 is 41.7 Å². The van der Waals surface area contributed by atoms with Crippen LogP contribution in [0, 0.1) is 0 Å². The molecule has 4 atom stereocenters. The van der Waals surface area contributed by atoms with Gasteiger partial charge in [-0.25, -0.2) is 12.7 Å². The van der Waals surface area contributed by atoms with Gasteiger partial charge in [0.15, 0.2) is 6.10 Å². The fraction of sp³-hybridized carbons (Fsp3) is 0.571. The highest BCUT2D eigenvalue weighted by atomic mass is 32.2. The molecule has 0 spiro atoms. The summed E-state index contributed by atoms with van der Waals surface area (Å²) in [6.07, 6.45) is -3.59. The Morgan fingerprint density at radius 3 is 2.16 bits per heavy atom. The third kappa shape index (κ3) is 6.05. The number of ether oxygens (including phenoxy) is 4. The van der Waals surface area contributed by atoms with E-state index in [1.165, 1.54) is 6.92 Å². The fourth-order valence-electron chi connectivity index (χ4n) is 3.48. The topological polar surface area (TPSA) is 126 Å². The molecule has 1 aliphatic heterocycles. The zero-order valence-corrected chi connectivity index (χ0v) is 19.6. The molecule has 1 aliphatic rings. The van der Waals surface area contributed by atoms with Crippen molar-refractivity contribution in [3.8, 4) is 0 Å². The number of benzene rings is 1. The van der Waals surface area contributed by atoms with Crippen molar-refractivity contribution in [3.05, 3.63) is 35.9 Å². The highest BCUT2D eigenvalue weighted by Crippen LogP contribution is 2.40. The van der Waals surface area contributed by atoms with Crippen LogP contribution in [-0.2, 0) is 50.0 Å². The summed E-state index contributed by atoms with van der Waals surface area (Å²) in [5, 5.41) is 0. The lowest BCUT2D eigenvalue weighted by molar-refractivity contribution is -0.202. The summed E-state index contributed by atoms with van der Waals surface area (Å²) in [5.41, 5.74) is -0.767. The third-order valence-corrected chi connectivity index (χ3v) is 7.12. The van der Waals surface area contributed by atoms with Crippen LogP contribution in [0.25, 0.3) is 0 Å². The normalized spacial score (nSPS) is 25.2. The Hall–Kier alpha value is -2.50. The summed E-state index contributed by atoms with van der Waals surface area (Å²) in [6, 6.07) is 9.09. The number of sulfonamides is 1. The molecule has 178 valence electrons. The van der Waals surface area contributed by atoms with Crippen LogP contribution >= 0.6 is 0 Å². The van der Waals surface area contributed by atoms with Crippen LogP contribution in [0.3, 0.4) is 0 Å². The van der Waals surface area contributed by atoms with Crippen molar-refractivity contribution in [3.63, 3.8) is 0 Å². The molecule has 0 aliphatic carbocycles. The second-order valence-electron chi connectivity index (χ2n) is 7.55. The van der Waals surface area contributed by atoms with Crippen LogP contribution in [-0.4, -0.2) is 67.5 Å². The number of hydrogen-bond acceptors (Lipinski definition) is 9. The van der Waals surface area contributed by atoms with Gasteiger partial charge >= 0.3 is 11.9 Å². The first kappa shape index (κ1) is 25.8. The van der Waals surface area contributed by atoms with E-state index in [4.69, 9.17) is 18.9 Å². The van der Waals surface area contributed by atoms with E-state index < -0.39 is 57.7 Å². The van der Waals surface area contributed by atoms with E-state index in [0.29, 0.717) is 4.31 Å². The molecule has 1 aromatic carbocycles. The van der Waals surface area contributed by atoms with Crippen molar-refractivity contribution >= 4 is 27.9 Å². The summed E-state index contributed by atoms with van der Waals surface area (Å²) in [6.45, 7) is 5.18. The van der Waals surface area contributed by atoms with Gasteiger partial charge < -0.3 is 18.9 Å².